The van der Waals surface area contributed by atoms with Crippen LogP contribution in [0.5, 0.6) is 0 Å². The number of carboxylic acid groups (broad SMARTS) is 1. The molecule has 0 radical (unpaired) electrons. The monoisotopic (exact) mass is 273 g/mol. The zero-order valence-electron chi connectivity index (χ0n) is 12.0. The smallest absolute Gasteiger partial charge is 0.408 e. The number of amides is 1. The Morgan fingerprint density at radius 1 is 1.32 bits per heavy atom. The maximum absolute atomic E-state index is 11.8. The van der Waals surface area contributed by atoms with Crippen LogP contribution in [0.4, 0.5) is 4.79 Å². The maximum Gasteiger partial charge on any atom is 0.408 e. The normalized spacial score (nSPS) is 27.7. The second-order valence-corrected chi connectivity index (χ2v) is 5.87. The van der Waals surface area contributed by atoms with Gasteiger partial charge in [-0.05, 0) is 33.6 Å². The summed E-state index contributed by atoms with van der Waals surface area (Å²) in [7, 11) is 1.46. The lowest BCUT2D eigenvalue weighted by Crippen LogP contribution is -2.64. The lowest BCUT2D eigenvalue weighted by Gasteiger charge is -2.40. The summed E-state index contributed by atoms with van der Waals surface area (Å²) in [6.45, 7) is 5.19. The molecule has 0 aliphatic heterocycles. The van der Waals surface area contributed by atoms with E-state index in [1.807, 2.05) is 0 Å². The molecule has 1 rings (SSSR count). The molecule has 0 spiro atoms. The van der Waals surface area contributed by atoms with Crippen molar-refractivity contribution in [3.8, 4) is 0 Å². The van der Waals surface area contributed by atoms with Gasteiger partial charge in [0.05, 0.1) is 6.10 Å². The molecular formula is C13H23NO5. The van der Waals surface area contributed by atoms with Crippen molar-refractivity contribution in [2.75, 3.05) is 7.11 Å². The van der Waals surface area contributed by atoms with E-state index in [0.717, 1.165) is 12.8 Å². The number of aliphatic carboxylic acids is 1. The van der Waals surface area contributed by atoms with Gasteiger partial charge in [-0.25, -0.2) is 9.59 Å². The number of hydrogen-bond acceptors (Lipinski definition) is 4. The van der Waals surface area contributed by atoms with Gasteiger partial charge in [-0.2, -0.15) is 0 Å². The molecule has 1 fully saturated rings. The van der Waals surface area contributed by atoms with E-state index in [-0.39, 0.29) is 0 Å². The highest BCUT2D eigenvalue weighted by Crippen LogP contribution is 2.31. The standard InChI is InChI=1S/C13H23NO5/c1-12(2,3)19-11(17)14-13(10(15)16)8-6-5-7-9(13)18-4/h9H,5-8H2,1-4H3,(H,14,17)(H,15,16). The van der Waals surface area contributed by atoms with Gasteiger partial charge in [0.25, 0.3) is 0 Å². The van der Waals surface area contributed by atoms with E-state index >= 15 is 0 Å². The average molecular weight is 273 g/mol. The molecule has 6 heteroatoms. The first kappa shape index (κ1) is 15.8. The van der Waals surface area contributed by atoms with Gasteiger partial charge in [0.2, 0.25) is 0 Å². The minimum absolute atomic E-state index is 0.347. The fourth-order valence-electron chi connectivity index (χ4n) is 2.39. The Labute approximate surface area is 113 Å². The van der Waals surface area contributed by atoms with E-state index in [2.05, 4.69) is 5.32 Å². The highest BCUT2D eigenvalue weighted by molar-refractivity contribution is 5.85. The first-order valence-electron chi connectivity index (χ1n) is 6.48. The van der Waals surface area contributed by atoms with Crippen molar-refractivity contribution in [2.45, 2.75) is 63.7 Å². The van der Waals surface area contributed by atoms with Gasteiger partial charge in [0, 0.05) is 7.11 Å². The first-order chi connectivity index (χ1) is 8.71. The number of carboxylic acids is 1. The number of ether oxygens (including phenoxy) is 2. The fraction of sp³-hybridized carbons (Fsp3) is 0.846. The zero-order valence-corrected chi connectivity index (χ0v) is 12.0. The van der Waals surface area contributed by atoms with Gasteiger partial charge in [-0.15, -0.1) is 0 Å². The minimum atomic E-state index is -1.39. The number of carbonyl (C=O) groups excluding carboxylic acids is 1. The Kier molecular flexibility index (Phi) is 4.79. The van der Waals surface area contributed by atoms with Gasteiger partial charge in [0.15, 0.2) is 5.54 Å². The summed E-state index contributed by atoms with van der Waals surface area (Å²) in [6, 6.07) is 0. The van der Waals surface area contributed by atoms with Gasteiger partial charge >= 0.3 is 12.1 Å². The van der Waals surface area contributed by atoms with E-state index in [4.69, 9.17) is 9.47 Å². The number of hydrogen-bond donors (Lipinski definition) is 2. The van der Waals surface area contributed by atoms with Crippen molar-refractivity contribution in [1.82, 2.24) is 5.32 Å². The second-order valence-electron chi connectivity index (χ2n) is 5.87. The maximum atomic E-state index is 11.8. The number of rotatable bonds is 3. The predicted octanol–water partition coefficient (Wildman–Crippen LogP) is 1.92. The molecule has 0 bridgehead atoms. The molecule has 1 amide bonds. The molecule has 19 heavy (non-hydrogen) atoms. The molecule has 0 aromatic heterocycles. The molecule has 0 heterocycles. The van der Waals surface area contributed by atoms with Crippen LogP contribution in [0, 0.1) is 0 Å². The summed E-state index contributed by atoms with van der Waals surface area (Å²) in [5.74, 6) is -1.08. The topological polar surface area (TPSA) is 84.9 Å². The summed E-state index contributed by atoms with van der Waals surface area (Å²) >= 11 is 0. The van der Waals surface area contributed by atoms with E-state index in [0.29, 0.717) is 12.8 Å². The second kappa shape index (κ2) is 5.77. The van der Waals surface area contributed by atoms with Crippen molar-refractivity contribution < 1.29 is 24.2 Å². The third-order valence-corrected chi connectivity index (χ3v) is 3.23. The first-order valence-corrected chi connectivity index (χ1v) is 6.48. The summed E-state index contributed by atoms with van der Waals surface area (Å²) in [6.07, 6.45) is 1.33. The molecule has 110 valence electrons. The summed E-state index contributed by atoms with van der Waals surface area (Å²) in [5.41, 5.74) is -2.06. The van der Waals surface area contributed by atoms with Crippen LogP contribution in [0.25, 0.3) is 0 Å². The molecule has 2 unspecified atom stereocenters. The van der Waals surface area contributed by atoms with E-state index in [1.54, 1.807) is 20.8 Å². The third-order valence-electron chi connectivity index (χ3n) is 3.23. The molecule has 1 aliphatic rings. The van der Waals surface area contributed by atoms with E-state index in [9.17, 15) is 14.7 Å². The molecule has 6 nitrogen and oxygen atoms in total. The number of nitrogens with one attached hydrogen (secondary N) is 1. The summed E-state index contributed by atoms with van der Waals surface area (Å²) < 4.78 is 10.4. The van der Waals surface area contributed by atoms with Gasteiger partial charge < -0.3 is 19.9 Å². The van der Waals surface area contributed by atoms with Crippen LogP contribution in [0.2, 0.25) is 0 Å². The van der Waals surface area contributed by atoms with Gasteiger partial charge in [0.1, 0.15) is 5.60 Å². The molecule has 2 N–H and O–H groups in total. The van der Waals surface area contributed by atoms with Crippen molar-refractivity contribution >= 4 is 12.1 Å². The summed E-state index contributed by atoms with van der Waals surface area (Å²) in [5, 5.41) is 12.0. The van der Waals surface area contributed by atoms with Crippen LogP contribution < -0.4 is 5.32 Å². The quantitative estimate of drug-likeness (QED) is 0.820. The van der Waals surface area contributed by atoms with E-state index < -0.39 is 29.3 Å². The Hall–Kier alpha value is -1.30. The van der Waals surface area contributed by atoms with Crippen LogP contribution in [0.1, 0.15) is 46.5 Å². The van der Waals surface area contributed by atoms with Crippen LogP contribution in [-0.4, -0.2) is 41.5 Å². The molecular weight excluding hydrogens is 250 g/mol. The van der Waals surface area contributed by atoms with Crippen LogP contribution >= 0.6 is 0 Å². The molecule has 0 saturated heterocycles. The summed E-state index contributed by atoms with van der Waals surface area (Å²) in [4.78, 5) is 23.4. The number of alkyl carbamates (subject to hydrolysis) is 1. The molecule has 1 saturated carbocycles. The number of methoxy groups -OCH3 is 1. The van der Waals surface area contributed by atoms with Gasteiger partial charge in [-0.3, -0.25) is 0 Å². The van der Waals surface area contributed by atoms with Crippen LogP contribution in [0.15, 0.2) is 0 Å². The SMILES string of the molecule is COC1CCCCC1(NC(=O)OC(C)(C)C)C(=O)O. The molecule has 0 aromatic rings. The largest absolute Gasteiger partial charge is 0.479 e. The fourth-order valence-corrected chi connectivity index (χ4v) is 2.39. The van der Waals surface area contributed by atoms with Crippen molar-refractivity contribution in [3.05, 3.63) is 0 Å². The van der Waals surface area contributed by atoms with Crippen molar-refractivity contribution in [3.63, 3.8) is 0 Å². The molecule has 1 aliphatic carbocycles. The Morgan fingerprint density at radius 2 is 1.95 bits per heavy atom. The number of carbonyl (C=O) groups is 2. The highest BCUT2D eigenvalue weighted by Gasteiger charge is 2.49. The lowest BCUT2D eigenvalue weighted by molar-refractivity contribution is -0.154. The Balaban J connectivity index is 2.87. The Bertz CT molecular complexity index is 349. The Morgan fingerprint density at radius 3 is 2.42 bits per heavy atom. The predicted molar refractivity (Wildman–Crippen MR) is 69.0 cm³/mol. The highest BCUT2D eigenvalue weighted by atomic mass is 16.6. The zero-order chi connectivity index (χ0) is 14.7. The van der Waals surface area contributed by atoms with Crippen LogP contribution in [-0.2, 0) is 14.3 Å². The molecule has 2 atom stereocenters. The van der Waals surface area contributed by atoms with E-state index in [1.165, 1.54) is 7.11 Å². The third kappa shape index (κ3) is 3.83. The van der Waals surface area contributed by atoms with Crippen molar-refractivity contribution in [2.24, 2.45) is 0 Å². The minimum Gasteiger partial charge on any atom is -0.479 e. The molecule has 0 aromatic carbocycles. The average Bonchev–Trinajstić information content (AvgIpc) is 2.26. The van der Waals surface area contributed by atoms with Gasteiger partial charge in [-0.1, -0.05) is 12.8 Å². The van der Waals surface area contributed by atoms with Crippen LogP contribution in [0.3, 0.4) is 0 Å². The van der Waals surface area contributed by atoms with Crippen molar-refractivity contribution in [1.29, 1.82) is 0 Å². The lowest BCUT2D eigenvalue weighted by atomic mass is 9.79.